The number of carbonyl (C=O) groups excluding carboxylic acids is 2. The Balaban J connectivity index is 1.44. The summed E-state index contributed by atoms with van der Waals surface area (Å²) < 4.78 is 0. The lowest BCUT2D eigenvalue weighted by atomic mass is 9.55. The number of nitrogens with zero attached hydrogens (tertiary/aromatic N) is 1. The zero-order valence-electron chi connectivity index (χ0n) is 16.9. The molecule has 3 aliphatic carbocycles. The molecule has 3 heteroatoms. The first-order valence-corrected chi connectivity index (χ1v) is 10.8. The van der Waals surface area contributed by atoms with Crippen LogP contribution in [0.15, 0.2) is 78.9 Å². The van der Waals surface area contributed by atoms with Crippen molar-refractivity contribution >= 4 is 11.8 Å². The van der Waals surface area contributed by atoms with Crippen molar-refractivity contribution in [2.75, 3.05) is 0 Å². The predicted molar refractivity (Wildman–Crippen MR) is 115 cm³/mol. The fourth-order valence-corrected chi connectivity index (χ4v) is 6.18. The molecule has 0 radical (unpaired) electrons. The standard InChI is InChI=1S/C27H23NO2/c1-16(15-17-9-3-2-4-10-17)28-26(29)24-22-18-11-5-6-12-19(18)23(25(24)27(28)30)21-14-8-7-13-20(21)22/h2-14,16,22-25H,15H2,1H3. The van der Waals surface area contributed by atoms with Crippen molar-refractivity contribution in [3.8, 4) is 0 Å². The summed E-state index contributed by atoms with van der Waals surface area (Å²) in [5.41, 5.74) is 6.04. The molecular weight excluding hydrogens is 370 g/mol. The molecule has 3 unspecified atom stereocenters. The maximum absolute atomic E-state index is 13.7. The molecule has 2 bridgehead atoms. The highest BCUT2D eigenvalue weighted by Gasteiger charge is 2.61. The monoisotopic (exact) mass is 393 g/mol. The Morgan fingerprint density at radius 2 is 1.07 bits per heavy atom. The molecule has 3 nitrogen and oxygen atoms in total. The summed E-state index contributed by atoms with van der Waals surface area (Å²) >= 11 is 0. The summed E-state index contributed by atoms with van der Waals surface area (Å²) in [6, 6.07) is 26.7. The molecule has 3 atom stereocenters. The van der Waals surface area contributed by atoms with Gasteiger partial charge in [0.15, 0.2) is 0 Å². The van der Waals surface area contributed by atoms with E-state index in [1.54, 1.807) is 4.90 Å². The number of likely N-dealkylation sites (tertiary alicyclic amines) is 1. The fourth-order valence-electron chi connectivity index (χ4n) is 6.18. The van der Waals surface area contributed by atoms with Gasteiger partial charge in [-0.3, -0.25) is 14.5 Å². The Morgan fingerprint density at radius 3 is 1.50 bits per heavy atom. The highest BCUT2D eigenvalue weighted by molar-refractivity contribution is 6.08. The zero-order valence-corrected chi connectivity index (χ0v) is 16.9. The van der Waals surface area contributed by atoms with Crippen molar-refractivity contribution < 1.29 is 9.59 Å². The quantitative estimate of drug-likeness (QED) is 0.614. The van der Waals surface area contributed by atoms with Crippen LogP contribution < -0.4 is 0 Å². The van der Waals surface area contributed by atoms with Crippen LogP contribution in [0.2, 0.25) is 0 Å². The third-order valence-corrected chi connectivity index (χ3v) is 7.30. The minimum Gasteiger partial charge on any atom is -0.279 e. The molecule has 3 aromatic rings. The summed E-state index contributed by atoms with van der Waals surface area (Å²) in [7, 11) is 0. The fraction of sp³-hybridized carbons (Fsp3) is 0.259. The highest BCUT2D eigenvalue weighted by Crippen LogP contribution is 2.61. The van der Waals surface area contributed by atoms with Crippen LogP contribution in [-0.2, 0) is 16.0 Å². The van der Waals surface area contributed by atoms with Gasteiger partial charge < -0.3 is 0 Å². The molecule has 4 aliphatic rings. The first-order valence-electron chi connectivity index (χ1n) is 10.8. The second-order valence-corrected chi connectivity index (χ2v) is 8.85. The SMILES string of the molecule is CC(Cc1ccccc1)N1C(=O)C2C3c4ccccc4C(c4ccccc43)C2C1=O. The Bertz CT molecular complexity index is 1050. The van der Waals surface area contributed by atoms with Gasteiger partial charge in [-0.2, -0.15) is 0 Å². The van der Waals surface area contributed by atoms with E-state index in [0.29, 0.717) is 6.42 Å². The lowest BCUT2D eigenvalue weighted by molar-refractivity contribution is -0.142. The van der Waals surface area contributed by atoms with Crippen LogP contribution in [0.25, 0.3) is 0 Å². The first kappa shape index (κ1) is 17.6. The molecule has 7 rings (SSSR count). The lowest BCUT2D eigenvalue weighted by Gasteiger charge is -2.45. The molecule has 0 spiro atoms. The second-order valence-electron chi connectivity index (χ2n) is 8.85. The summed E-state index contributed by atoms with van der Waals surface area (Å²) in [6.45, 7) is 2.00. The Morgan fingerprint density at radius 1 is 0.667 bits per heavy atom. The van der Waals surface area contributed by atoms with Gasteiger partial charge in [0, 0.05) is 17.9 Å². The van der Waals surface area contributed by atoms with E-state index >= 15 is 0 Å². The van der Waals surface area contributed by atoms with E-state index in [0.717, 1.165) is 5.56 Å². The summed E-state index contributed by atoms with van der Waals surface area (Å²) in [5.74, 6) is -0.619. The molecule has 3 aromatic carbocycles. The summed E-state index contributed by atoms with van der Waals surface area (Å²) in [6.07, 6.45) is 0.687. The van der Waals surface area contributed by atoms with E-state index in [2.05, 4.69) is 36.4 Å². The molecule has 0 saturated carbocycles. The van der Waals surface area contributed by atoms with E-state index in [1.807, 2.05) is 49.4 Å². The van der Waals surface area contributed by atoms with Crippen LogP contribution in [-0.4, -0.2) is 22.8 Å². The summed E-state index contributed by atoms with van der Waals surface area (Å²) in [4.78, 5) is 29.0. The van der Waals surface area contributed by atoms with Crippen molar-refractivity contribution in [1.82, 2.24) is 4.90 Å². The number of carbonyl (C=O) groups is 2. The molecular formula is C27H23NO2. The molecule has 1 heterocycles. The van der Waals surface area contributed by atoms with E-state index in [9.17, 15) is 9.59 Å². The normalized spacial score (nSPS) is 26.9. The van der Waals surface area contributed by atoms with Gasteiger partial charge in [-0.15, -0.1) is 0 Å². The Kier molecular flexibility index (Phi) is 3.76. The van der Waals surface area contributed by atoms with Crippen LogP contribution in [0.5, 0.6) is 0 Å². The van der Waals surface area contributed by atoms with Gasteiger partial charge in [-0.25, -0.2) is 0 Å². The third kappa shape index (κ3) is 2.26. The van der Waals surface area contributed by atoms with Crippen molar-refractivity contribution in [2.45, 2.75) is 31.2 Å². The van der Waals surface area contributed by atoms with Gasteiger partial charge >= 0.3 is 0 Å². The number of rotatable bonds is 3. The molecule has 0 aromatic heterocycles. The largest absolute Gasteiger partial charge is 0.279 e. The molecule has 1 fully saturated rings. The van der Waals surface area contributed by atoms with Gasteiger partial charge in [0.25, 0.3) is 0 Å². The van der Waals surface area contributed by atoms with E-state index < -0.39 is 0 Å². The molecule has 1 aliphatic heterocycles. The van der Waals surface area contributed by atoms with Gasteiger partial charge in [-0.05, 0) is 41.2 Å². The van der Waals surface area contributed by atoms with Crippen molar-refractivity contribution in [3.05, 3.63) is 107 Å². The number of hydrogen-bond donors (Lipinski definition) is 0. The van der Waals surface area contributed by atoms with Crippen LogP contribution in [0, 0.1) is 11.8 Å². The van der Waals surface area contributed by atoms with Crippen LogP contribution in [0.4, 0.5) is 0 Å². The maximum Gasteiger partial charge on any atom is 0.234 e. The summed E-state index contributed by atoms with van der Waals surface area (Å²) in [5, 5.41) is 0. The van der Waals surface area contributed by atoms with Gasteiger partial charge in [0.2, 0.25) is 11.8 Å². The number of benzene rings is 3. The predicted octanol–water partition coefficient (Wildman–Crippen LogP) is 4.51. The minimum atomic E-state index is -0.287. The number of hydrogen-bond acceptors (Lipinski definition) is 2. The molecule has 2 amide bonds. The van der Waals surface area contributed by atoms with E-state index in [4.69, 9.17) is 0 Å². The zero-order chi connectivity index (χ0) is 20.4. The van der Waals surface area contributed by atoms with Gasteiger partial charge in [-0.1, -0.05) is 78.9 Å². The smallest absolute Gasteiger partial charge is 0.234 e. The molecule has 0 N–H and O–H groups in total. The average molecular weight is 393 g/mol. The van der Waals surface area contributed by atoms with E-state index in [1.165, 1.54) is 22.3 Å². The maximum atomic E-state index is 13.7. The highest BCUT2D eigenvalue weighted by atomic mass is 16.2. The Hall–Kier alpha value is -3.20. The molecule has 30 heavy (non-hydrogen) atoms. The average Bonchev–Trinajstić information content (AvgIpc) is 3.05. The number of imide groups is 1. The van der Waals surface area contributed by atoms with Crippen LogP contribution >= 0.6 is 0 Å². The third-order valence-electron chi connectivity index (χ3n) is 7.30. The van der Waals surface area contributed by atoms with E-state index in [-0.39, 0.29) is 41.5 Å². The Labute approximate surface area is 176 Å². The van der Waals surface area contributed by atoms with Gasteiger partial charge in [0.1, 0.15) is 0 Å². The topological polar surface area (TPSA) is 37.4 Å². The molecule has 148 valence electrons. The second kappa shape index (κ2) is 6.40. The van der Waals surface area contributed by atoms with Crippen LogP contribution in [0.3, 0.4) is 0 Å². The number of amides is 2. The first-order chi connectivity index (χ1) is 14.7. The van der Waals surface area contributed by atoms with Crippen molar-refractivity contribution in [1.29, 1.82) is 0 Å². The molecule has 1 saturated heterocycles. The van der Waals surface area contributed by atoms with Gasteiger partial charge in [0.05, 0.1) is 11.8 Å². The van der Waals surface area contributed by atoms with Crippen molar-refractivity contribution in [2.24, 2.45) is 11.8 Å². The van der Waals surface area contributed by atoms with Crippen molar-refractivity contribution in [3.63, 3.8) is 0 Å². The lowest BCUT2D eigenvalue weighted by Crippen LogP contribution is -2.41. The minimum absolute atomic E-state index is 0.00689. The van der Waals surface area contributed by atoms with Crippen LogP contribution in [0.1, 0.15) is 46.6 Å².